The van der Waals surface area contributed by atoms with Crippen LogP contribution in [0, 0.1) is 21.4 Å². The Labute approximate surface area is 121 Å². The van der Waals surface area contributed by atoms with E-state index in [4.69, 9.17) is 10.4 Å². The molecular formula is C16H12N2O3. The Morgan fingerprint density at radius 2 is 1.76 bits per heavy atom. The Morgan fingerprint density at radius 3 is 2.33 bits per heavy atom. The lowest BCUT2D eigenvalue weighted by Gasteiger charge is -1.99. The fourth-order valence-electron chi connectivity index (χ4n) is 1.83. The molecular weight excluding hydrogens is 268 g/mol. The molecule has 0 aliphatic carbocycles. The maximum absolute atomic E-state index is 10.7. The van der Waals surface area contributed by atoms with Gasteiger partial charge >= 0.3 is 0 Å². The summed E-state index contributed by atoms with van der Waals surface area (Å²) < 4.78 is 0. The van der Waals surface area contributed by atoms with Gasteiger partial charge in [-0.25, -0.2) is 0 Å². The van der Waals surface area contributed by atoms with Crippen molar-refractivity contribution in [3.05, 3.63) is 74.8 Å². The summed E-state index contributed by atoms with van der Waals surface area (Å²) in [6.07, 6.45) is 3.61. The number of benzene rings is 2. The monoisotopic (exact) mass is 280 g/mol. The van der Waals surface area contributed by atoms with Gasteiger partial charge in [0.15, 0.2) is 0 Å². The summed E-state index contributed by atoms with van der Waals surface area (Å²) in [6.45, 7) is -0.00211. The van der Waals surface area contributed by atoms with Crippen molar-refractivity contribution in [2.24, 2.45) is 0 Å². The molecule has 0 unspecified atom stereocenters. The lowest BCUT2D eigenvalue weighted by molar-refractivity contribution is -0.385. The standard InChI is InChI=1S/C16H12N2O3/c17-10-15-9-13(7-8-16(15)18(20)21)4-1-12-2-5-14(11-19)6-3-12/h1-9,19H,11H2/b4-1+. The number of rotatable bonds is 4. The van der Waals surface area contributed by atoms with Gasteiger partial charge in [0.25, 0.3) is 5.69 Å². The number of aliphatic hydroxyl groups excluding tert-OH is 1. The first-order chi connectivity index (χ1) is 10.1. The SMILES string of the molecule is N#Cc1cc(/C=C/c2ccc(CO)cc2)ccc1[N+](=O)[O-]. The van der Waals surface area contributed by atoms with E-state index in [1.54, 1.807) is 12.1 Å². The lowest BCUT2D eigenvalue weighted by Crippen LogP contribution is -1.92. The summed E-state index contributed by atoms with van der Waals surface area (Å²) >= 11 is 0. The van der Waals surface area contributed by atoms with Crippen molar-refractivity contribution in [3.63, 3.8) is 0 Å². The van der Waals surface area contributed by atoms with Gasteiger partial charge in [0, 0.05) is 6.07 Å². The molecule has 2 rings (SSSR count). The van der Waals surface area contributed by atoms with Crippen molar-refractivity contribution in [3.8, 4) is 6.07 Å². The van der Waals surface area contributed by atoms with Gasteiger partial charge in [-0.1, -0.05) is 36.4 Å². The highest BCUT2D eigenvalue weighted by Gasteiger charge is 2.12. The Hall–Kier alpha value is -2.97. The Morgan fingerprint density at radius 1 is 1.14 bits per heavy atom. The Bertz CT molecular complexity index is 728. The van der Waals surface area contributed by atoms with E-state index < -0.39 is 4.92 Å². The van der Waals surface area contributed by atoms with Gasteiger partial charge in [0.2, 0.25) is 0 Å². The van der Waals surface area contributed by atoms with Crippen LogP contribution in [0.1, 0.15) is 22.3 Å². The van der Waals surface area contributed by atoms with Crippen LogP contribution < -0.4 is 0 Å². The predicted octanol–water partition coefficient (Wildman–Crippen LogP) is 3.13. The van der Waals surface area contributed by atoms with Crippen molar-refractivity contribution in [2.45, 2.75) is 6.61 Å². The smallest absolute Gasteiger partial charge is 0.287 e. The minimum atomic E-state index is -0.570. The molecule has 21 heavy (non-hydrogen) atoms. The van der Waals surface area contributed by atoms with E-state index in [2.05, 4.69) is 0 Å². The topological polar surface area (TPSA) is 87.2 Å². The zero-order chi connectivity index (χ0) is 15.2. The van der Waals surface area contributed by atoms with Gasteiger partial charge in [0.1, 0.15) is 11.6 Å². The number of nitro groups is 1. The van der Waals surface area contributed by atoms with E-state index in [0.29, 0.717) is 5.56 Å². The fraction of sp³-hybridized carbons (Fsp3) is 0.0625. The van der Waals surface area contributed by atoms with E-state index in [9.17, 15) is 10.1 Å². The molecule has 0 spiro atoms. The number of aliphatic hydroxyl groups is 1. The molecule has 0 saturated heterocycles. The first-order valence-corrected chi connectivity index (χ1v) is 6.20. The maximum atomic E-state index is 10.7. The van der Waals surface area contributed by atoms with E-state index in [1.807, 2.05) is 36.4 Å². The Balaban J connectivity index is 2.24. The van der Waals surface area contributed by atoms with Gasteiger partial charge in [0.05, 0.1) is 11.5 Å². The number of nitrogens with zero attached hydrogens (tertiary/aromatic N) is 2. The summed E-state index contributed by atoms with van der Waals surface area (Å²) in [4.78, 5) is 10.2. The zero-order valence-electron chi connectivity index (χ0n) is 11.1. The molecule has 2 aromatic carbocycles. The van der Waals surface area contributed by atoms with E-state index >= 15 is 0 Å². The summed E-state index contributed by atoms with van der Waals surface area (Å²) in [5, 5.41) is 28.6. The van der Waals surface area contributed by atoms with Crippen molar-refractivity contribution in [2.75, 3.05) is 0 Å². The van der Waals surface area contributed by atoms with Crippen molar-refractivity contribution in [1.29, 1.82) is 5.26 Å². The zero-order valence-corrected chi connectivity index (χ0v) is 11.1. The minimum absolute atomic E-state index is 0.00211. The molecule has 0 bridgehead atoms. The third kappa shape index (κ3) is 3.53. The molecule has 0 radical (unpaired) electrons. The summed E-state index contributed by atoms with van der Waals surface area (Å²) in [5.41, 5.74) is 2.32. The number of hydrogen-bond donors (Lipinski definition) is 1. The van der Waals surface area contributed by atoms with Gasteiger partial charge in [-0.3, -0.25) is 10.1 Å². The Kier molecular flexibility index (Phi) is 4.44. The number of hydrogen-bond acceptors (Lipinski definition) is 4. The number of nitriles is 1. The lowest BCUT2D eigenvalue weighted by atomic mass is 10.1. The normalized spacial score (nSPS) is 10.5. The maximum Gasteiger partial charge on any atom is 0.287 e. The number of nitro benzene ring substituents is 1. The largest absolute Gasteiger partial charge is 0.392 e. The van der Waals surface area contributed by atoms with E-state index in [1.165, 1.54) is 12.1 Å². The molecule has 5 heteroatoms. The molecule has 0 saturated carbocycles. The van der Waals surface area contributed by atoms with Crippen LogP contribution in [0.25, 0.3) is 12.2 Å². The molecule has 0 aromatic heterocycles. The average Bonchev–Trinajstić information content (AvgIpc) is 2.52. The molecule has 5 nitrogen and oxygen atoms in total. The van der Waals surface area contributed by atoms with Crippen LogP contribution in [0.5, 0.6) is 0 Å². The molecule has 0 aliphatic rings. The van der Waals surface area contributed by atoms with Crippen molar-refractivity contribution in [1.82, 2.24) is 0 Å². The van der Waals surface area contributed by atoms with Crippen LogP contribution in [-0.4, -0.2) is 10.0 Å². The van der Waals surface area contributed by atoms with Crippen LogP contribution in [0.4, 0.5) is 5.69 Å². The highest BCUT2D eigenvalue weighted by atomic mass is 16.6. The molecule has 104 valence electrons. The fourth-order valence-corrected chi connectivity index (χ4v) is 1.83. The summed E-state index contributed by atoms with van der Waals surface area (Å²) in [5.74, 6) is 0. The molecule has 1 N–H and O–H groups in total. The molecule has 0 fully saturated rings. The second-order valence-corrected chi connectivity index (χ2v) is 4.38. The second-order valence-electron chi connectivity index (χ2n) is 4.38. The predicted molar refractivity (Wildman–Crippen MR) is 79.1 cm³/mol. The molecule has 0 heterocycles. The molecule has 0 aliphatic heterocycles. The summed E-state index contributed by atoms with van der Waals surface area (Å²) in [6, 6.07) is 13.6. The quantitative estimate of drug-likeness (QED) is 0.529. The molecule has 0 amide bonds. The van der Waals surface area contributed by atoms with Crippen LogP contribution in [-0.2, 0) is 6.61 Å². The van der Waals surface area contributed by atoms with Crippen LogP contribution in [0.15, 0.2) is 42.5 Å². The highest BCUT2D eigenvalue weighted by Crippen LogP contribution is 2.20. The van der Waals surface area contributed by atoms with E-state index in [0.717, 1.165) is 11.1 Å². The van der Waals surface area contributed by atoms with Gasteiger partial charge in [-0.2, -0.15) is 5.26 Å². The van der Waals surface area contributed by atoms with Crippen LogP contribution >= 0.6 is 0 Å². The van der Waals surface area contributed by atoms with Crippen molar-refractivity contribution < 1.29 is 10.0 Å². The first-order valence-electron chi connectivity index (χ1n) is 6.20. The van der Waals surface area contributed by atoms with Crippen molar-refractivity contribution >= 4 is 17.8 Å². The van der Waals surface area contributed by atoms with E-state index in [-0.39, 0.29) is 17.9 Å². The minimum Gasteiger partial charge on any atom is -0.392 e. The van der Waals surface area contributed by atoms with Gasteiger partial charge in [-0.05, 0) is 28.8 Å². The van der Waals surface area contributed by atoms with Crippen LogP contribution in [0.3, 0.4) is 0 Å². The molecule has 2 aromatic rings. The first kappa shape index (κ1) is 14.4. The molecule has 0 atom stereocenters. The second kappa shape index (κ2) is 6.46. The third-order valence-electron chi connectivity index (χ3n) is 2.97. The highest BCUT2D eigenvalue weighted by molar-refractivity contribution is 5.71. The third-order valence-corrected chi connectivity index (χ3v) is 2.97. The van der Waals surface area contributed by atoms with Crippen LogP contribution in [0.2, 0.25) is 0 Å². The summed E-state index contributed by atoms with van der Waals surface area (Å²) in [7, 11) is 0. The van der Waals surface area contributed by atoms with Gasteiger partial charge in [-0.15, -0.1) is 0 Å². The van der Waals surface area contributed by atoms with Gasteiger partial charge < -0.3 is 5.11 Å². The average molecular weight is 280 g/mol.